The fourth-order valence-corrected chi connectivity index (χ4v) is 4.39. The number of thiazole rings is 1. The van der Waals surface area contributed by atoms with Gasteiger partial charge in [0.2, 0.25) is 0 Å². The van der Waals surface area contributed by atoms with Crippen LogP contribution in [0.3, 0.4) is 0 Å². The summed E-state index contributed by atoms with van der Waals surface area (Å²) in [6.07, 6.45) is 2.10. The standard InChI is InChI=1S/C17H28N4O2S.2ClH/c1-10(2)4-14(18)17-20-15(9-24-17)16(22)19-12-5-13-8-23-11(3)6-21(13)7-12;;/h9-14H,4-8,18H2,1-3H3,(H,19,22);2*1H/t11-,12+,13-,14-;;/m0../s1. The normalized spacial score (nSPS) is 26.6. The van der Waals surface area contributed by atoms with Crippen molar-refractivity contribution in [3.63, 3.8) is 0 Å². The molecule has 2 aliphatic heterocycles. The summed E-state index contributed by atoms with van der Waals surface area (Å²) in [5.74, 6) is 0.426. The van der Waals surface area contributed by atoms with Crippen molar-refractivity contribution in [2.24, 2.45) is 11.7 Å². The van der Waals surface area contributed by atoms with Gasteiger partial charge >= 0.3 is 0 Å². The minimum Gasteiger partial charge on any atom is -0.376 e. The molecule has 4 atom stereocenters. The van der Waals surface area contributed by atoms with Gasteiger partial charge in [0, 0.05) is 30.6 Å². The minimum atomic E-state index is -0.0898. The largest absolute Gasteiger partial charge is 0.376 e. The van der Waals surface area contributed by atoms with E-state index in [1.807, 2.05) is 5.38 Å². The van der Waals surface area contributed by atoms with Crippen molar-refractivity contribution < 1.29 is 9.53 Å². The summed E-state index contributed by atoms with van der Waals surface area (Å²) in [5.41, 5.74) is 6.65. The van der Waals surface area contributed by atoms with Gasteiger partial charge in [-0.3, -0.25) is 9.69 Å². The van der Waals surface area contributed by atoms with E-state index >= 15 is 0 Å². The lowest BCUT2D eigenvalue weighted by molar-refractivity contribution is -0.0390. The van der Waals surface area contributed by atoms with Crippen molar-refractivity contribution in [2.75, 3.05) is 19.7 Å². The zero-order chi connectivity index (χ0) is 17.3. The van der Waals surface area contributed by atoms with Crippen LogP contribution in [-0.4, -0.2) is 53.7 Å². The fraction of sp³-hybridized carbons (Fsp3) is 0.765. The molecule has 1 aromatic heterocycles. The Bertz CT molecular complexity index is 587. The first-order valence-corrected chi connectivity index (χ1v) is 9.67. The molecule has 0 aromatic carbocycles. The molecule has 9 heteroatoms. The van der Waals surface area contributed by atoms with Gasteiger partial charge in [0.05, 0.1) is 18.8 Å². The third kappa shape index (κ3) is 5.78. The Balaban J connectivity index is 0.00000169. The number of fused-ring (bicyclic) bond motifs is 1. The molecule has 0 saturated carbocycles. The number of nitrogens with two attached hydrogens (primary N) is 1. The van der Waals surface area contributed by atoms with E-state index in [9.17, 15) is 4.79 Å². The number of rotatable bonds is 5. The predicted molar refractivity (Wildman–Crippen MR) is 110 cm³/mol. The molecule has 2 fully saturated rings. The lowest BCUT2D eigenvalue weighted by atomic mass is 10.1. The van der Waals surface area contributed by atoms with Crippen LogP contribution in [0.4, 0.5) is 0 Å². The zero-order valence-corrected chi connectivity index (χ0v) is 18.0. The molecule has 0 unspecified atom stereocenters. The SMILES string of the molecule is CC(C)C[C@H](N)c1nc(C(=O)N[C@@H]2C[C@H]3CO[C@@H](C)CN3C2)cs1.Cl.Cl. The number of carbonyl (C=O) groups is 1. The number of hydrogen-bond acceptors (Lipinski definition) is 6. The Morgan fingerprint density at radius 2 is 2.19 bits per heavy atom. The van der Waals surface area contributed by atoms with Crippen molar-refractivity contribution in [1.29, 1.82) is 0 Å². The molecule has 3 rings (SSSR count). The molecule has 0 aliphatic carbocycles. The number of nitrogens with zero attached hydrogens (tertiary/aromatic N) is 2. The van der Waals surface area contributed by atoms with Gasteiger partial charge < -0.3 is 15.8 Å². The summed E-state index contributed by atoms with van der Waals surface area (Å²) in [4.78, 5) is 19.3. The molecule has 2 saturated heterocycles. The van der Waals surface area contributed by atoms with E-state index in [0.29, 0.717) is 17.7 Å². The number of ether oxygens (including phenoxy) is 1. The van der Waals surface area contributed by atoms with Gasteiger partial charge in [0.1, 0.15) is 10.7 Å². The molecule has 6 nitrogen and oxygen atoms in total. The maximum atomic E-state index is 12.5. The maximum Gasteiger partial charge on any atom is 0.271 e. The molecular weight excluding hydrogens is 395 g/mol. The second kappa shape index (κ2) is 10.2. The highest BCUT2D eigenvalue weighted by molar-refractivity contribution is 7.09. The van der Waals surface area contributed by atoms with Gasteiger partial charge in [-0.15, -0.1) is 36.2 Å². The number of aromatic nitrogens is 1. The van der Waals surface area contributed by atoms with E-state index in [1.54, 1.807) is 0 Å². The number of halogens is 2. The topological polar surface area (TPSA) is 80.5 Å². The first kappa shape index (κ1) is 23.6. The lowest BCUT2D eigenvalue weighted by Gasteiger charge is -2.33. The van der Waals surface area contributed by atoms with E-state index in [2.05, 4.69) is 36.0 Å². The molecule has 150 valence electrons. The molecule has 26 heavy (non-hydrogen) atoms. The van der Waals surface area contributed by atoms with Crippen molar-refractivity contribution in [3.8, 4) is 0 Å². The molecular formula is C17H30Cl2N4O2S. The number of nitrogens with one attached hydrogen (secondary N) is 1. The van der Waals surface area contributed by atoms with Crippen LogP contribution in [0.1, 0.15) is 55.2 Å². The summed E-state index contributed by atoms with van der Waals surface area (Å²) in [7, 11) is 0. The summed E-state index contributed by atoms with van der Waals surface area (Å²) >= 11 is 1.48. The highest BCUT2D eigenvalue weighted by Crippen LogP contribution is 2.25. The van der Waals surface area contributed by atoms with Gasteiger partial charge in [-0.25, -0.2) is 4.98 Å². The Hall–Kier alpha value is -0.440. The quantitative estimate of drug-likeness (QED) is 0.758. The van der Waals surface area contributed by atoms with E-state index in [0.717, 1.165) is 37.5 Å². The Kier molecular flexibility index (Phi) is 9.26. The fourth-order valence-electron chi connectivity index (χ4n) is 3.57. The van der Waals surface area contributed by atoms with Crippen LogP contribution in [-0.2, 0) is 4.74 Å². The van der Waals surface area contributed by atoms with E-state index in [4.69, 9.17) is 10.5 Å². The minimum absolute atomic E-state index is 0. The monoisotopic (exact) mass is 424 g/mol. The maximum absolute atomic E-state index is 12.5. The van der Waals surface area contributed by atoms with Crippen LogP contribution in [0.15, 0.2) is 5.38 Å². The molecule has 0 radical (unpaired) electrons. The Labute approximate surface area is 172 Å². The van der Waals surface area contributed by atoms with Gasteiger partial charge in [-0.1, -0.05) is 13.8 Å². The van der Waals surface area contributed by atoms with E-state index in [-0.39, 0.29) is 48.9 Å². The van der Waals surface area contributed by atoms with Crippen LogP contribution >= 0.6 is 36.2 Å². The summed E-state index contributed by atoms with van der Waals surface area (Å²) < 4.78 is 5.71. The van der Waals surface area contributed by atoms with Crippen LogP contribution in [0.25, 0.3) is 0 Å². The smallest absolute Gasteiger partial charge is 0.271 e. The van der Waals surface area contributed by atoms with Crippen molar-refractivity contribution in [2.45, 2.75) is 57.8 Å². The van der Waals surface area contributed by atoms with Crippen molar-refractivity contribution in [1.82, 2.24) is 15.2 Å². The number of amides is 1. The van der Waals surface area contributed by atoms with Crippen LogP contribution in [0.5, 0.6) is 0 Å². The summed E-state index contributed by atoms with van der Waals surface area (Å²) in [6, 6.07) is 0.512. The number of morpholine rings is 1. The van der Waals surface area contributed by atoms with E-state index < -0.39 is 0 Å². The first-order valence-electron chi connectivity index (χ1n) is 8.80. The third-order valence-electron chi connectivity index (χ3n) is 4.72. The number of carbonyl (C=O) groups excluding carboxylic acids is 1. The highest BCUT2D eigenvalue weighted by atomic mass is 35.5. The van der Waals surface area contributed by atoms with E-state index in [1.165, 1.54) is 11.3 Å². The zero-order valence-electron chi connectivity index (χ0n) is 15.5. The Morgan fingerprint density at radius 1 is 1.46 bits per heavy atom. The van der Waals surface area contributed by atoms with Crippen molar-refractivity contribution >= 4 is 42.1 Å². The second-order valence-electron chi connectivity index (χ2n) is 7.46. The molecule has 0 spiro atoms. The van der Waals surface area contributed by atoms with Crippen LogP contribution in [0, 0.1) is 5.92 Å². The average molecular weight is 425 g/mol. The van der Waals surface area contributed by atoms with Crippen LogP contribution < -0.4 is 11.1 Å². The lowest BCUT2D eigenvalue weighted by Crippen LogP contribution is -2.45. The summed E-state index contributed by atoms with van der Waals surface area (Å²) in [6.45, 7) is 8.98. The molecule has 3 heterocycles. The Morgan fingerprint density at radius 3 is 2.88 bits per heavy atom. The highest BCUT2D eigenvalue weighted by Gasteiger charge is 2.37. The van der Waals surface area contributed by atoms with Gasteiger partial charge in [0.25, 0.3) is 5.91 Å². The van der Waals surface area contributed by atoms with Gasteiger partial charge in [-0.05, 0) is 25.7 Å². The predicted octanol–water partition coefficient (Wildman–Crippen LogP) is 2.62. The molecule has 2 aliphatic rings. The molecule has 3 N–H and O–H groups in total. The van der Waals surface area contributed by atoms with Crippen molar-refractivity contribution in [3.05, 3.63) is 16.1 Å². The third-order valence-corrected chi connectivity index (χ3v) is 5.70. The molecule has 1 aromatic rings. The molecule has 1 amide bonds. The second-order valence-corrected chi connectivity index (χ2v) is 8.35. The molecule has 0 bridgehead atoms. The van der Waals surface area contributed by atoms with Crippen LogP contribution in [0.2, 0.25) is 0 Å². The number of hydrogen-bond donors (Lipinski definition) is 2. The average Bonchev–Trinajstić information content (AvgIpc) is 3.12. The van der Waals surface area contributed by atoms with Gasteiger partial charge in [0.15, 0.2) is 0 Å². The summed E-state index contributed by atoms with van der Waals surface area (Å²) in [5, 5.41) is 5.79. The van der Waals surface area contributed by atoms with Gasteiger partial charge in [-0.2, -0.15) is 0 Å². The first-order chi connectivity index (χ1) is 11.4.